The maximum Gasteiger partial charge on any atom is 0.409 e. The summed E-state index contributed by atoms with van der Waals surface area (Å²) < 4.78 is 30.1. The maximum absolute atomic E-state index is 11.4. The number of nitrogens with one attached hydrogen (secondary N) is 1. The molecular formula is C10H12BrNO4S. The number of carbonyl (C=O) groups excluding carboxylic acids is 1. The summed E-state index contributed by atoms with van der Waals surface area (Å²) in [4.78, 5) is 11.1. The zero-order chi connectivity index (χ0) is 12.9. The van der Waals surface area contributed by atoms with Crippen molar-refractivity contribution in [2.75, 3.05) is 0 Å². The van der Waals surface area contributed by atoms with E-state index in [9.17, 15) is 13.2 Å². The van der Waals surface area contributed by atoms with Crippen LogP contribution in [0.4, 0.5) is 0 Å². The van der Waals surface area contributed by atoms with Crippen LogP contribution in [-0.2, 0) is 15.1 Å². The Bertz CT molecular complexity index is 484. The summed E-state index contributed by atoms with van der Waals surface area (Å²) >= 11 is 3.21. The number of halogens is 1. The van der Waals surface area contributed by atoms with Gasteiger partial charge in [-0.25, -0.2) is 4.72 Å². The van der Waals surface area contributed by atoms with Crippen molar-refractivity contribution in [2.24, 2.45) is 0 Å². The van der Waals surface area contributed by atoms with Crippen LogP contribution in [0, 0.1) is 0 Å². The van der Waals surface area contributed by atoms with Crippen molar-refractivity contribution >= 4 is 32.1 Å². The van der Waals surface area contributed by atoms with E-state index in [1.807, 2.05) is 4.72 Å². The molecule has 94 valence electrons. The Morgan fingerprint density at radius 3 is 2.47 bits per heavy atom. The predicted octanol–water partition coefficient (Wildman–Crippen LogP) is 1.99. The van der Waals surface area contributed by atoms with Crippen LogP contribution in [0.15, 0.2) is 28.7 Å². The molecule has 0 heterocycles. The first-order chi connectivity index (χ1) is 7.93. The van der Waals surface area contributed by atoms with E-state index in [0.717, 1.165) is 4.47 Å². The molecule has 0 radical (unpaired) electrons. The standard InChI is InChI=1S/C10H12BrNO4S/c1-2-3-10(13)12-17(14,15)16-9-6-4-8(11)5-7-9/h4-7H,2-3H2,1H3,(H,12,13). The third-order valence-electron chi connectivity index (χ3n) is 1.74. The third kappa shape index (κ3) is 5.18. The molecule has 0 unspecified atom stereocenters. The number of hydrogen-bond donors (Lipinski definition) is 1. The third-order valence-corrected chi connectivity index (χ3v) is 3.15. The summed E-state index contributed by atoms with van der Waals surface area (Å²) in [5.74, 6) is -0.436. The SMILES string of the molecule is CCCC(=O)NS(=O)(=O)Oc1ccc(Br)cc1. The van der Waals surface area contributed by atoms with Crippen molar-refractivity contribution < 1.29 is 17.4 Å². The average molecular weight is 322 g/mol. The lowest BCUT2D eigenvalue weighted by molar-refractivity contribution is -0.119. The Balaban J connectivity index is 2.66. The second-order valence-corrected chi connectivity index (χ2v) is 5.46. The average Bonchev–Trinajstić information content (AvgIpc) is 2.20. The molecule has 5 nitrogen and oxygen atoms in total. The highest BCUT2D eigenvalue weighted by molar-refractivity contribution is 9.10. The number of rotatable bonds is 5. The summed E-state index contributed by atoms with van der Waals surface area (Å²) in [7, 11) is -4.08. The summed E-state index contributed by atoms with van der Waals surface area (Å²) in [6.07, 6.45) is 0.711. The smallest absolute Gasteiger partial charge is 0.367 e. The van der Waals surface area contributed by atoms with Gasteiger partial charge in [0.1, 0.15) is 5.75 Å². The van der Waals surface area contributed by atoms with E-state index in [4.69, 9.17) is 4.18 Å². The highest BCUT2D eigenvalue weighted by Crippen LogP contribution is 2.17. The molecular weight excluding hydrogens is 310 g/mol. The van der Waals surface area contributed by atoms with Crippen molar-refractivity contribution in [1.29, 1.82) is 0 Å². The van der Waals surface area contributed by atoms with Crippen LogP contribution < -0.4 is 8.91 Å². The predicted molar refractivity (Wildman–Crippen MR) is 66.7 cm³/mol. The minimum absolute atomic E-state index is 0.142. The van der Waals surface area contributed by atoms with Gasteiger partial charge in [0.15, 0.2) is 0 Å². The second-order valence-electron chi connectivity index (χ2n) is 3.27. The van der Waals surface area contributed by atoms with E-state index in [1.54, 1.807) is 19.1 Å². The molecule has 1 N–H and O–H groups in total. The Morgan fingerprint density at radius 2 is 1.94 bits per heavy atom. The normalized spacial score (nSPS) is 10.9. The summed E-state index contributed by atoms with van der Waals surface area (Å²) in [5, 5.41) is 0. The molecule has 0 atom stereocenters. The van der Waals surface area contributed by atoms with Gasteiger partial charge in [0.05, 0.1) is 0 Å². The van der Waals surface area contributed by atoms with Gasteiger partial charge in [-0.05, 0) is 30.7 Å². The number of benzene rings is 1. The molecule has 1 aromatic carbocycles. The molecule has 0 aliphatic carbocycles. The van der Waals surface area contributed by atoms with Crippen LogP contribution >= 0.6 is 15.9 Å². The van der Waals surface area contributed by atoms with Crippen LogP contribution in [0.2, 0.25) is 0 Å². The minimum atomic E-state index is -4.08. The molecule has 0 fully saturated rings. The molecule has 0 bridgehead atoms. The van der Waals surface area contributed by atoms with Gasteiger partial charge in [0.25, 0.3) is 0 Å². The Labute approximate surface area is 109 Å². The molecule has 0 aliphatic rings. The molecule has 1 aromatic rings. The van der Waals surface area contributed by atoms with Crippen LogP contribution in [0.25, 0.3) is 0 Å². The Morgan fingerprint density at radius 1 is 1.35 bits per heavy atom. The fourth-order valence-corrected chi connectivity index (χ4v) is 2.11. The van der Waals surface area contributed by atoms with Gasteiger partial charge in [-0.15, -0.1) is 0 Å². The van der Waals surface area contributed by atoms with Gasteiger partial charge in [-0.3, -0.25) is 4.79 Å². The first-order valence-corrected chi connectivity index (χ1v) is 7.13. The highest BCUT2D eigenvalue weighted by Gasteiger charge is 2.15. The molecule has 0 saturated heterocycles. The van der Waals surface area contributed by atoms with Crippen molar-refractivity contribution in [3.05, 3.63) is 28.7 Å². The zero-order valence-corrected chi connectivity index (χ0v) is 11.5. The summed E-state index contributed by atoms with van der Waals surface area (Å²) in [6, 6.07) is 6.23. The molecule has 0 aromatic heterocycles. The van der Waals surface area contributed by atoms with Crippen LogP contribution in [0.3, 0.4) is 0 Å². The van der Waals surface area contributed by atoms with E-state index in [0.29, 0.717) is 6.42 Å². The Kier molecular flexibility index (Phi) is 4.95. The fraction of sp³-hybridized carbons (Fsp3) is 0.300. The number of carbonyl (C=O) groups is 1. The van der Waals surface area contributed by atoms with Gasteiger partial charge in [0, 0.05) is 10.9 Å². The van der Waals surface area contributed by atoms with E-state index < -0.39 is 16.2 Å². The Hall–Kier alpha value is -1.08. The van der Waals surface area contributed by atoms with Gasteiger partial charge >= 0.3 is 10.3 Å². The van der Waals surface area contributed by atoms with Gasteiger partial charge in [-0.2, -0.15) is 8.42 Å². The van der Waals surface area contributed by atoms with E-state index in [-0.39, 0.29) is 12.2 Å². The second kappa shape index (κ2) is 6.02. The van der Waals surface area contributed by atoms with Crippen molar-refractivity contribution in [2.45, 2.75) is 19.8 Å². The lowest BCUT2D eigenvalue weighted by Crippen LogP contribution is -2.33. The van der Waals surface area contributed by atoms with E-state index in [2.05, 4.69) is 15.9 Å². The summed E-state index contributed by atoms with van der Waals surface area (Å²) in [6.45, 7) is 1.78. The quantitative estimate of drug-likeness (QED) is 0.900. The van der Waals surface area contributed by atoms with Gasteiger partial charge in [-0.1, -0.05) is 22.9 Å². The zero-order valence-electron chi connectivity index (χ0n) is 9.14. The fourth-order valence-electron chi connectivity index (χ4n) is 1.06. The van der Waals surface area contributed by atoms with Crippen molar-refractivity contribution in [3.8, 4) is 5.75 Å². The van der Waals surface area contributed by atoms with Crippen molar-refractivity contribution in [3.63, 3.8) is 0 Å². The highest BCUT2D eigenvalue weighted by atomic mass is 79.9. The van der Waals surface area contributed by atoms with Crippen LogP contribution in [-0.4, -0.2) is 14.3 Å². The monoisotopic (exact) mass is 321 g/mol. The molecule has 7 heteroatoms. The van der Waals surface area contributed by atoms with Gasteiger partial charge in [0.2, 0.25) is 5.91 Å². The molecule has 0 spiro atoms. The van der Waals surface area contributed by atoms with E-state index >= 15 is 0 Å². The largest absolute Gasteiger partial charge is 0.409 e. The maximum atomic E-state index is 11.4. The summed E-state index contributed by atoms with van der Waals surface area (Å²) in [5.41, 5.74) is 0. The topological polar surface area (TPSA) is 72.5 Å². The molecule has 0 aliphatic heterocycles. The molecule has 17 heavy (non-hydrogen) atoms. The van der Waals surface area contributed by atoms with Crippen LogP contribution in [0.1, 0.15) is 19.8 Å². The van der Waals surface area contributed by atoms with Gasteiger partial charge < -0.3 is 4.18 Å². The minimum Gasteiger partial charge on any atom is -0.367 e. The lowest BCUT2D eigenvalue weighted by atomic mass is 10.3. The van der Waals surface area contributed by atoms with Crippen molar-refractivity contribution in [1.82, 2.24) is 4.72 Å². The molecule has 1 amide bonds. The number of hydrogen-bond acceptors (Lipinski definition) is 4. The first-order valence-electron chi connectivity index (χ1n) is 4.93. The molecule has 0 saturated carbocycles. The first kappa shape index (κ1) is 14.0. The molecule has 1 rings (SSSR count). The lowest BCUT2D eigenvalue weighted by Gasteiger charge is -2.07. The number of amides is 1. The van der Waals surface area contributed by atoms with Crippen LogP contribution in [0.5, 0.6) is 5.75 Å². The van der Waals surface area contributed by atoms with E-state index in [1.165, 1.54) is 12.1 Å².